The van der Waals surface area contributed by atoms with Gasteiger partial charge < -0.3 is 10.4 Å². The number of fused-ring (bicyclic) bond motifs is 1. The predicted octanol–water partition coefficient (Wildman–Crippen LogP) is 2.35. The van der Waals surface area contributed by atoms with Crippen molar-refractivity contribution >= 4 is 17.4 Å². The molecule has 0 aliphatic rings. The van der Waals surface area contributed by atoms with Crippen LogP contribution in [0.2, 0.25) is 0 Å². The smallest absolute Gasteiger partial charge is 0.195 e. The third-order valence-corrected chi connectivity index (χ3v) is 4.87. The monoisotopic (exact) mass is 308 g/mol. The number of rotatable bonds is 9. The van der Waals surface area contributed by atoms with E-state index in [4.69, 9.17) is 0 Å². The highest BCUT2D eigenvalue weighted by Crippen LogP contribution is 2.22. The molecule has 0 spiro atoms. The molecule has 6 heteroatoms. The normalized spacial score (nSPS) is 14.4. The zero-order chi connectivity index (χ0) is 15.1. The SMILES string of the molecule is CCNC(CC)(CO)CCCSc1nnc2ccccn12. The van der Waals surface area contributed by atoms with Crippen LogP contribution < -0.4 is 5.32 Å². The van der Waals surface area contributed by atoms with E-state index >= 15 is 0 Å². The average molecular weight is 308 g/mol. The van der Waals surface area contributed by atoms with Gasteiger partial charge in [0.15, 0.2) is 10.8 Å². The van der Waals surface area contributed by atoms with Crippen molar-refractivity contribution in [3.05, 3.63) is 24.4 Å². The molecule has 0 fully saturated rings. The minimum Gasteiger partial charge on any atom is -0.394 e. The Morgan fingerprint density at radius 1 is 1.33 bits per heavy atom. The molecule has 0 radical (unpaired) electrons. The Bertz CT molecular complexity index is 553. The molecule has 2 N–H and O–H groups in total. The van der Waals surface area contributed by atoms with Gasteiger partial charge in [0.2, 0.25) is 0 Å². The molecule has 0 aliphatic heterocycles. The van der Waals surface area contributed by atoms with Crippen LogP contribution in [0.4, 0.5) is 0 Å². The summed E-state index contributed by atoms with van der Waals surface area (Å²) in [6.45, 7) is 5.28. The van der Waals surface area contributed by atoms with Gasteiger partial charge in [0.25, 0.3) is 0 Å². The maximum absolute atomic E-state index is 9.64. The van der Waals surface area contributed by atoms with Crippen LogP contribution in [-0.4, -0.2) is 44.1 Å². The fraction of sp³-hybridized carbons (Fsp3) is 0.600. The summed E-state index contributed by atoms with van der Waals surface area (Å²) in [7, 11) is 0. The minimum absolute atomic E-state index is 0.137. The molecule has 2 heterocycles. The van der Waals surface area contributed by atoms with Gasteiger partial charge in [-0.25, -0.2) is 0 Å². The molecule has 21 heavy (non-hydrogen) atoms. The lowest BCUT2D eigenvalue weighted by Gasteiger charge is -2.31. The number of nitrogens with one attached hydrogen (secondary N) is 1. The van der Waals surface area contributed by atoms with Crippen molar-refractivity contribution in [2.45, 2.75) is 43.8 Å². The zero-order valence-corrected chi connectivity index (χ0v) is 13.6. The van der Waals surface area contributed by atoms with Crippen LogP contribution in [0.15, 0.2) is 29.6 Å². The Kier molecular flexibility index (Phi) is 6.02. The van der Waals surface area contributed by atoms with Gasteiger partial charge in [-0.2, -0.15) is 0 Å². The number of aromatic nitrogens is 3. The Labute approximate surface area is 130 Å². The van der Waals surface area contributed by atoms with Gasteiger partial charge in [0, 0.05) is 17.5 Å². The van der Waals surface area contributed by atoms with Crippen molar-refractivity contribution in [2.75, 3.05) is 18.9 Å². The highest BCUT2D eigenvalue weighted by molar-refractivity contribution is 7.99. The molecule has 5 nitrogen and oxygen atoms in total. The molecule has 0 aromatic carbocycles. The largest absolute Gasteiger partial charge is 0.394 e. The van der Waals surface area contributed by atoms with Gasteiger partial charge in [-0.1, -0.05) is 31.7 Å². The summed E-state index contributed by atoms with van der Waals surface area (Å²) in [6, 6.07) is 5.90. The number of aliphatic hydroxyl groups excluding tert-OH is 1. The fourth-order valence-electron chi connectivity index (χ4n) is 2.50. The van der Waals surface area contributed by atoms with Crippen molar-refractivity contribution in [3.63, 3.8) is 0 Å². The van der Waals surface area contributed by atoms with E-state index in [0.29, 0.717) is 0 Å². The molecule has 2 rings (SSSR count). The molecule has 0 saturated heterocycles. The zero-order valence-electron chi connectivity index (χ0n) is 12.7. The highest BCUT2D eigenvalue weighted by Gasteiger charge is 2.25. The second-order valence-electron chi connectivity index (χ2n) is 5.19. The van der Waals surface area contributed by atoms with E-state index in [-0.39, 0.29) is 12.1 Å². The molecule has 1 unspecified atom stereocenters. The van der Waals surface area contributed by atoms with Crippen LogP contribution in [-0.2, 0) is 0 Å². The average Bonchev–Trinajstić information content (AvgIpc) is 2.94. The topological polar surface area (TPSA) is 62.5 Å². The maximum atomic E-state index is 9.64. The molecule has 0 amide bonds. The molecule has 0 saturated carbocycles. The molecule has 2 aromatic rings. The number of likely N-dealkylation sites (N-methyl/N-ethyl adjacent to an activating group) is 1. The van der Waals surface area contributed by atoms with E-state index in [0.717, 1.165) is 42.4 Å². The van der Waals surface area contributed by atoms with Crippen LogP contribution in [0.3, 0.4) is 0 Å². The van der Waals surface area contributed by atoms with Crippen LogP contribution in [0, 0.1) is 0 Å². The summed E-state index contributed by atoms with van der Waals surface area (Å²) in [4.78, 5) is 0. The Hall–Kier alpha value is -1.11. The van der Waals surface area contributed by atoms with Gasteiger partial charge in [-0.05, 0) is 37.9 Å². The van der Waals surface area contributed by atoms with Gasteiger partial charge in [0.05, 0.1) is 6.61 Å². The molecule has 116 valence electrons. The van der Waals surface area contributed by atoms with Gasteiger partial charge in [-0.15, -0.1) is 10.2 Å². The molecule has 0 aliphatic carbocycles. The summed E-state index contributed by atoms with van der Waals surface area (Å²) in [5, 5.41) is 22.4. The first-order chi connectivity index (χ1) is 10.2. The van der Waals surface area contributed by atoms with Gasteiger partial charge in [-0.3, -0.25) is 4.40 Å². The molecule has 1 atom stereocenters. The minimum atomic E-state index is -0.137. The lowest BCUT2D eigenvalue weighted by Crippen LogP contribution is -2.48. The van der Waals surface area contributed by atoms with E-state index in [1.165, 1.54) is 0 Å². The number of pyridine rings is 1. The summed E-state index contributed by atoms with van der Waals surface area (Å²) in [5.74, 6) is 0.975. The van der Waals surface area contributed by atoms with Crippen LogP contribution >= 0.6 is 11.8 Å². The number of aliphatic hydroxyl groups is 1. The third kappa shape index (κ3) is 3.96. The number of hydrogen-bond acceptors (Lipinski definition) is 5. The van der Waals surface area contributed by atoms with E-state index in [9.17, 15) is 5.11 Å². The molecule has 2 aromatic heterocycles. The van der Waals surface area contributed by atoms with Gasteiger partial charge in [0.1, 0.15) is 0 Å². The fourth-order valence-corrected chi connectivity index (χ4v) is 3.37. The van der Waals surface area contributed by atoms with Crippen molar-refractivity contribution in [1.82, 2.24) is 19.9 Å². The second kappa shape index (κ2) is 7.77. The quantitative estimate of drug-likeness (QED) is 0.550. The lowest BCUT2D eigenvalue weighted by atomic mass is 9.91. The van der Waals surface area contributed by atoms with E-state index in [2.05, 4.69) is 29.4 Å². The van der Waals surface area contributed by atoms with E-state index < -0.39 is 0 Å². The van der Waals surface area contributed by atoms with Crippen LogP contribution in [0.25, 0.3) is 5.65 Å². The van der Waals surface area contributed by atoms with Crippen LogP contribution in [0.5, 0.6) is 0 Å². The highest BCUT2D eigenvalue weighted by atomic mass is 32.2. The number of hydrogen-bond donors (Lipinski definition) is 2. The lowest BCUT2D eigenvalue weighted by molar-refractivity contribution is 0.148. The summed E-state index contributed by atoms with van der Waals surface area (Å²) in [6.07, 6.45) is 4.93. The molecular formula is C15H24N4OS. The van der Waals surface area contributed by atoms with Crippen molar-refractivity contribution in [3.8, 4) is 0 Å². The summed E-state index contributed by atoms with van der Waals surface area (Å²) < 4.78 is 2.01. The van der Waals surface area contributed by atoms with Crippen LogP contribution in [0.1, 0.15) is 33.1 Å². The summed E-state index contributed by atoms with van der Waals surface area (Å²) in [5.41, 5.74) is 0.744. The first kappa shape index (κ1) is 16.3. The van der Waals surface area contributed by atoms with E-state index in [1.807, 2.05) is 28.8 Å². The predicted molar refractivity (Wildman–Crippen MR) is 86.7 cm³/mol. The van der Waals surface area contributed by atoms with Crippen molar-refractivity contribution in [2.24, 2.45) is 0 Å². The maximum Gasteiger partial charge on any atom is 0.195 e. The molecule has 0 bridgehead atoms. The standard InChI is InChI=1S/C15H24N4OS/c1-3-15(12-20,16-4-2)9-7-11-21-14-18-17-13-8-5-6-10-19(13)14/h5-6,8,10,16,20H,3-4,7,9,11-12H2,1-2H3. The number of thioether (sulfide) groups is 1. The number of nitrogens with zero attached hydrogens (tertiary/aromatic N) is 3. The van der Waals surface area contributed by atoms with E-state index in [1.54, 1.807) is 11.8 Å². The Balaban J connectivity index is 1.86. The first-order valence-electron chi connectivity index (χ1n) is 7.53. The Morgan fingerprint density at radius 3 is 2.90 bits per heavy atom. The van der Waals surface area contributed by atoms with Crippen molar-refractivity contribution < 1.29 is 5.11 Å². The first-order valence-corrected chi connectivity index (χ1v) is 8.51. The van der Waals surface area contributed by atoms with Gasteiger partial charge >= 0.3 is 0 Å². The Morgan fingerprint density at radius 2 is 2.19 bits per heavy atom. The van der Waals surface area contributed by atoms with Crippen molar-refractivity contribution in [1.29, 1.82) is 0 Å². The second-order valence-corrected chi connectivity index (χ2v) is 6.25. The molecular weight excluding hydrogens is 284 g/mol. The third-order valence-electron chi connectivity index (χ3n) is 3.84. The summed E-state index contributed by atoms with van der Waals surface area (Å²) >= 11 is 1.72.